The molecule has 0 rings (SSSR count). The number of esters is 1. The van der Waals surface area contributed by atoms with Gasteiger partial charge in [0.1, 0.15) is 5.57 Å². The zero-order valence-corrected chi connectivity index (χ0v) is 10.9. The van der Waals surface area contributed by atoms with E-state index in [1.807, 2.05) is 0 Å². The van der Waals surface area contributed by atoms with Crippen LogP contribution in [-0.4, -0.2) is 41.7 Å². The third kappa shape index (κ3) is 6.23. The quantitative estimate of drug-likeness (QED) is 0.450. The van der Waals surface area contributed by atoms with Gasteiger partial charge in [0, 0.05) is 6.20 Å². The van der Waals surface area contributed by atoms with E-state index in [0.717, 1.165) is 0 Å². The summed E-state index contributed by atoms with van der Waals surface area (Å²) in [5, 5.41) is 9.39. The van der Waals surface area contributed by atoms with E-state index in [1.54, 1.807) is 0 Å². The van der Waals surface area contributed by atoms with Gasteiger partial charge >= 0.3 is 12.1 Å². The molecule has 0 radical (unpaired) electrons. The topological polar surface area (TPSA) is 84.9 Å². The molecule has 0 aromatic heterocycles. The number of carbonyl (C=O) groups is 1. The highest BCUT2D eigenvalue weighted by atomic mass is 19.4. The number of nitrogens with two attached hydrogens (primary N) is 1. The molecule has 110 valence electrons. The van der Waals surface area contributed by atoms with Gasteiger partial charge in [-0.3, -0.25) is 4.99 Å². The maximum absolute atomic E-state index is 12.8. The van der Waals surface area contributed by atoms with Gasteiger partial charge in [-0.25, -0.2) is 4.79 Å². The highest BCUT2D eigenvalue weighted by Crippen LogP contribution is 2.23. The van der Waals surface area contributed by atoms with Crippen molar-refractivity contribution in [2.75, 3.05) is 13.2 Å². The number of hydrogen-bond acceptors (Lipinski definition) is 5. The van der Waals surface area contributed by atoms with Crippen molar-refractivity contribution in [3.63, 3.8) is 0 Å². The molecule has 0 saturated heterocycles. The van der Waals surface area contributed by atoms with Crippen LogP contribution in [0.5, 0.6) is 0 Å². The highest BCUT2D eigenvalue weighted by Gasteiger charge is 2.41. The summed E-state index contributed by atoms with van der Waals surface area (Å²) < 4.78 is 42.9. The van der Waals surface area contributed by atoms with Crippen LogP contribution in [0.2, 0.25) is 0 Å². The van der Waals surface area contributed by atoms with Gasteiger partial charge < -0.3 is 15.6 Å². The molecule has 8 heteroatoms. The number of aliphatic imine (C=N–C) groups is 1. The molecule has 0 spiro atoms. The molecule has 0 aliphatic carbocycles. The average Bonchev–Trinajstić information content (AvgIpc) is 2.21. The number of nitrogens with zero attached hydrogens (tertiary/aromatic N) is 1. The van der Waals surface area contributed by atoms with Gasteiger partial charge in [-0.1, -0.05) is 0 Å². The van der Waals surface area contributed by atoms with Gasteiger partial charge in [0.15, 0.2) is 5.71 Å². The van der Waals surface area contributed by atoms with E-state index < -0.39 is 35.6 Å². The molecule has 0 aromatic carbocycles. The lowest BCUT2D eigenvalue weighted by Crippen LogP contribution is -2.33. The minimum Gasteiger partial charge on any atom is -0.462 e. The Hall–Kier alpha value is -1.57. The van der Waals surface area contributed by atoms with Crippen molar-refractivity contribution in [1.29, 1.82) is 0 Å². The fourth-order valence-electron chi connectivity index (χ4n) is 1.05. The van der Waals surface area contributed by atoms with Crippen molar-refractivity contribution in [3.05, 3.63) is 11.8 Å². The third-order valence-electron chi connectivity index (χ3n) is 1.81. The molecule has 0 aliphatic rings. The largest absolute Gasteiger partial charge is 0.462 e. The smallest absolute Gasteiger partial charge is 0.433 e. The molecule has 0 amide bonds. The summed E-state index contributed by atoms with van der Waals surface area (Å²) in [6.45, 7) is 3.42. The predicted octanol–water partition coefficient (Wildman–Crippen LogP) is 1.17. The Balaban J connectivity index is 5.43. The van der Waals surface area contributed by atoms with Crippen molar-refractivity contribution < 1.29 is 27.8 Å². The Bertz CT molecular complexity index is 382. The summed E-state index contributed by atoms with van der Waals surface area (Å²) in [7, 11) is 0. The van der Waals surface area contributed by atoms with Gasteiger partial charge in [-0.15, -0.1) is 0 Å². The molecular formula is C11H17F3N2O3. The monoisotopic (exact) mass is 282 g/mol. The van der Waals surface area contributed by atoms with E-state index in [9.17, 15) is 23.1 Å². The summed E-state index contributed by atoms with van der Waals surface area (Å²) in [5.41, 5.74) is 1.26. The number of rotatable bonds is 5. The van der Waals surface area contributed by atoms with Crippen LogP contribution >= 0.6 is 0 Å². The van der Waals surface area contributed by atoms with Gasteiger partial charge in [0.25, 0.3) is 0 Å². The van der Waals surface area contributed by atoms with E-state index >= 15 is 0 Å². The fourth-order valence-corrected chi connectivity index (χ4v) is 1.05. The summed E-state index contributed by atoms with van der Waals surface area (Å²) in [6.07, 6.45) is -4.38. The van der Waals surface area contributed by atoms with Crippen LogP contribution in [0.4, 0.5) is 13.2 Å². The SMILES string of the molecule is CCOC(=O)/C(=C/N)C(=NCC(C)(C)O)C(F)(F)F. The van der Waals surface area contributed by atoms with Gasteiger partial charge in [-0.05, 0) is 20.8 Å². The molecule has 0 saturated carbocycles. The fraction of sp³-hybridized carbons (Fsp3) is 0.636. The van der Waals surface area contributed by atoms with Gasteiger partial charge in [-0.2, -0.15) is 13.2 Å². The van der Waals surface area contributed by atoms with E-state index in [-0.39, 0.29) is 6.61 Å². The second-order valence-electron chi connectivity index (χ2n) is 4.28. The Morgan fingerprint density at radius 2 is 1.95 bits per heavy atom. The van der Waals surface area contributed by atoms with Gasteiger partial charge in [0.2, 0.25) is 0 Å². The Morgan fingerprint density at radius 3 is 2.26 bits per heavy atom. The van der Waals surface area contributed by atoms with Crippen LogP contribution in [0.3, 0.4) is 0 Å². The maximum Gasteiger partial charge on any atom is 0.433 e. The molecule has 0 heterocycles. The Kier molecular flexibility index (Phi) is 6.01. The minimum atomic E-state index is -4.87. The molecule has 0 unspecified atom stereocenters. The van der Waals surface area contributed by atoms with E-state index in [2.05, 4.69) is 9.73 Å². The molecule has 0 atom stereocenters. The number of hydrogen-bond donors (Lipinski definition) is 2. The van der Waals surface area contributed by atoms with E-state index in [1.165, 1.54) is 20.8 Å². The summed E-state index contributed by atoms with van der Waals surface area (Å²) in [5.74, 6) is -1.21. The second kappa shape index (κ2) is 6.55. The summed E-state index contributed by atoms with van der Waals surface area (Å²) in [4.78, 5) is 14.6. The highest BCUT2D eigenvalue weighted by molar-refractivity contribution is 6.21. The van der Waals surface area contributed by atoms with Gasteiger partial charge in [0.05, 0.1) is 18.8 Å². The molecule has 19 heavy (non-hydrogen) atoms. The molecular weight excluding hydrogens is 265 g/mol. The van der Waals surface area contributed by atoms with Crippen LogP contribution in [0, 0.1) is 0 Å². The first-order valence-electron chi connectivity index (χ1n) is 5.46. The molecule has 0 aliphatic heterocycles. The zero-order valence-electron chi connectivity index (χ0n) is 10.9. The van der Waals surface area contributed by atoms with Crippen molar-refractivity contribution >= 4 is 11.7 Å². The second-order valence-corrected chi connectivity index (χ2v) is 4.28. The van der Waals surface area contributed by atoms with Crippen molar-refractivity contribution in [2.45, 2.75) is 32.5 Å². The first-order chi connectivity index (χ1) is 8.53. The molecule has 0 fully saturated rings. The van der Waals surface area contributed by atoms with E-state index in [0.29, 0.717) is 6.20 Å². The lowest BCUT2D eigenvalue weighted by Gasteiger charge is -2.17. The van der Waals surface area contributed by atoms with Crippen LogP contribution in [0.1, 0.15) is 20.8 Å². The Morgan fingerprint density at radius 1 is 1.42 bits per heavy atom. The summed E-state index contributed by atoms with van der Waals surface area (Å²) >= 11 is 0. The standard InChI is InChI=1S/C11H17F3N2O3/c1-4-19-9(17)7(5-15)8(11(12,13)14)16-6-10(2,3)18/h5,18H,4,6,15H2,1-3H3/b7-5+,16-8?. The normalized spacial score (nSPS) is 14.5. The number of carbonyl (C=O) groups excluding carboxylic acids is 1. The predicted molar refractivity (Wildman–Crippen MR) is 63.6 cm³/mol. The first kappa shape index (κ1) is 17.4. The van der Waals surface area contributed by atoms with Crippen LogP contribution < -0.4 is 5.73 Å². The van der Waals surface area contributed by atoms with Crippen LogP contribution in [0.15, 0.2) is 16.8 Å². The lowest BCUT2D eigenvalue weighted by atomic mass is 10.1. The van der Waals surface area contributed by atoms with Crippen molar-refractivity contribution in [2.24, 2.45) is 10.7 Å². The van der Waals surface area contributed by atoms with E-state index in [4.69, 9.17) is 5.73 Å². The number of aliphatic hydroxyl groups is 1. The first-order valence-corrected chi connectivity index (χ1v) is 5.46. The average molecular weight is 282 g/mol. The zero-order chi connectivity index (χ0) is 15.3. The molecule has 3 N–H and O–H groups in total. The number of alkyl halides is 3. The van der Waals surface area contributed by atoms with Crippen LogP contribution in [-0.2, 0) is 9.53 Å². The number of halogens is 3. The summed E-state index contributed by atoms with van der Waals surface area (Å²) in [6, 6.07) is 0. The Labute approximate surface area is 109 Å². The van der Waals surface area contributed by atoms with Crippen LogP contribution in [0.25, 0.3) is 0 Å². The molecule has 0 bridgehead atoms. The third-order valence-corrected chi connectivity index (χ3v) is 1.81. The number of ether oxygens (including phenoxy) is 1. The van der Waals surface area contributed by atoms with Crippen molar-refractivity contribution in [1.82, 2.24) is 0 Å². The lowest BCUT2D eigenvalue weighted by molar-refractivity contribution is -0.138. The minimum absolute atomic E-state index is 0.0905. The molecule has 0 aromatic rings. The molecule has 5 nitrogen and oxygen atoms in total. The van der Waals surface area contributed by atoms with Crippen molar-refractivity contribution in [3.8, 4) is 0 Å². The maximum atomic E-state index is 12.8.